The Hall–Kier alpha value is -3.30. The number of nitrogens with zero attached hydrogens (tertiary/aromatic N) is 2. The number of rotatable bonds is 8. The average Bonchev–Trinajstić information content (AvgIpc) is 3.33. The predicted molar refractivity (Wildman–Crippen MR) is 150 cm³/mol. The first-order chi connectivity index (χ1) is 18.2. The number of amides is 2. The third-order valence-electron chi connectivity index (χ3n) is 8.00. The molecular weight excluding hydrogens is 496 g/mol. The van der Waals surface area contributed by atoms with Gasteiger partial charge in [0.25, 0.3) is 5.91 Å². The van der Waals surface area contributed by atoms with Crippen molar-refractivity contribution in [2.45, 2.75) is 50.2 Å². The van der Waals surface area contributed by atoms with Gasteiger partial charge in [-0.2, -0.15) is 0 Å². The second-order valence-corrected chi connectivity index (χ2v) is 14.7. The van der Waals surface area contributed by atoms with E-state index in [9.17, 15) is 19.5 Å². The number of anilines is 3. The molecule has 1 fully saturated rings. The van der Waals surface area contributed by atoms with Crippen LogP contribution in [0, 0.1) is 5.92 Å². The maximum Gasteiger partial charge on any atom is 0.264 e. The SMILES string of the molecule is C[C@@H]1[C@@H]([Si](C)(C)O)[C@H](CCO)O[C@@]12C(=O)N(Cc1ccc(N(C=O)c3ccccc3)cc1)c1ccccc12. The largest absolute Gasteiger partial charge is 0.432 e. The first-order valence-electron chi connectivity index (χ1n) is 13.0. The summed E-state index contributed by atoms with van der Waals surface area (Å²) in [5.41, 5.74) is 2.64. The molecule has 2 aliphatic rings. The van der Waals surface area contributed by atoms with Gasteiger partial charge in [0, 0.05) is 35.0 Å². The van der Waals surface area contributed by atoms with Gasteiger partial charge >= 0.3 is 0 Å². The van der Waals surface area contributed by atoms with Gasteiger partial charge in [-0.1, -0.05) is 55.5 Å². The van der Waals surface area contributed by atoms with Crippen LogP contribution >= 0.6 is 0 Å². The molecule has 0 aromatic heterocycles. The summed E-state index contributed by atoms with van der Waals surface area (Å²) in [6.07, 6.45) is 0.766. The van der Waals surface area contributed by atoms with Crippen molar-refractivity contribution in [2.75, 3.05) is 16.4 Å². The second kappa shape index (κ2) is 10.1. The lowest BCUT2D eigenvalue weighted by Gasteiger charge is -2.32. The molecule has 198 valence electrons. The fourth-order valence-electron chi connectivity index (χ4n) is 6.39. The lowest BCUT2D eigenvalue weighted by Crippen LogP contribution is -2.46. The third kappa shape index (κ3) is 4.27. The van der Waals surface area contributed by atoms with Crippen LogP contribution in [0.4, 0.5) is 17.1 Å². The molecule has 2 N–H and O–H groups in total. The molecule has 3 aromatic rings. The number of ether oxygens (including phenoxy) is 1. The van der Waals surface area contributed by atoms with E-state index >= 15 is 0 Å². The van der Waals surface area contributed by atoms with Gasteiger partial charge in [0.05, 0.1) is 18.3 Å². The summed E-state index contributed by atoms with van der Waals surface area (Å²) in [5, 5.41) is 9.72. The van der Waals surface area contributed by atoms with E-state index in [4.69, 9.17) is 4.74 Å². The Morgan fingerprint density at radius 1 is 1.00 bits per heavy atom. The van der Waals surface area contributed by atoms with E-state index in [1.54, 1.807) is 9.80 Å². The van der Waals surface area contributed by atoms with Crippen LogP contribution in [0.5, 0.6) is 0 Å². The predicted octanol–water partition coefficient (Wildman–Crippen LogP) is 4.71. The van der Waals surface area contributed by atoms with Gasteiger partial charge in [0.1, 0.15) is 0 Å². The minimum Gasteiger partial charge on any atom is -0.432 e. The Bertz CT molecular complexity index is 1310. The topological polar surface area (TPSA) is 90.3 Å². The molecule has 4 atom stereocenters. The normalized spacial score (nSPS) is 24.6. The molecule has 2 heterocycles. The van der Waals surface area contributed by atoms with E-state index in [0.29, 0.717) is 13.0 Å². The molecule has 3 aromatic carbocycles. The Labute approximate surface area is 224 Å². The summed E-state index contributed by atoms with van der Waals surface area (Å²) >= 11 is 0. The number of hydrogen-bond acceptors (Lipinski definition) is 5. The van der Waals surface area contributed by atoms with Gasteiger partial charge < -0.3 is 19.5 Å². The molecule has 2 amide bonds. The quantitative estimate of drug-likeness (QED) is 0.325. The summed E-state index contributed by atoms with van der Waals surface area (Å²) in [4.78, 5) is 40.6. The van der Waals surface area contributed by atoms with E-state index in [1.807, 2.05) is 98.9 Å². The summed E-state index contributed by atoms with van der Waals surface area (Å²) < 4.78 is 6.60. The van der Waals surface area contributed by atoms with Crippen LogP contribution in [-0.2, 0) is 26.5 Å². The standard InChI is InChI=1S/C30H34N2O5Si/c1-21-28(38(2,3)36)27(17-18-33)37-30(21)25-11-7-8-12-26(25)31(29(30)35)19-22-13-15-24(16-14-22)32(20-34)23-9-5-4-6-10-23/h4-16,20-21,27-28,33,36H,17-19H2,1-3H3/t21-,27+,28-,30+/m1/s1. The van der Waals surface area contributed by atoms with Crippen molar-refractivity contribution < 1.29 is 24.2 Å². The number of benzene rings is 3. The molecule has 1 saturated heterocycles. The van der Waals surface area contributed by atoms with E-state index in [0.717, 1.165) is 34.6 Å². The molecular formula is C30H34N2O5Si. The van der Waals surface area contributed by atoms with Crippen molar-refractivity contribution in [1.29, 1.82) is 0 Å². The monoisotopic (exact) mass is 530 g/mol. The highest BCUT2D eigenvalue weighted by Gasteiger charge is 2.65. The Kier molecular flexibility index (Phi) is 7.00. The molecule has 7 nitrogen and oxygen atoms in total. The summed E-state index contributed by atoms with van der Waals surface area (Å²) in [5.74, 6) is -0.392. The number of hydrogen-bond donors (Lipinski definition) is 2. The second-order valence-electron chi connectivity index (χ2n) is 10.8. The average molecular weight is 531 g/mol. The van der Waals surface area contributed by atoms with Gasteiger partial charge in [-0.25, -0.2) is 0 Å². The molecule has 0 saturated carbocycles. The van der Waals surface area contributed by atoms with Gasteiger partial charge in [0.2, 0.25) is 6.41 Å². The third-order valence-corrected chi connectivity index (χ3v) is 10.5. The highest BCUT2D eigenvalue weighted by atomic mass is 28.4. The summed E-state index contributed by atoms with van der Waals surface area (Å²) in [6.45, 7) is 6.03. The van der Waals surface area contributed by atoms with Crippen LogP contribution in [0.15, 0.2) is 78.9 Å². The van der Waals surface area contributed by atoms with Crippen LogP contribution < -0.4 is 9.80 Å². The van der Waals surface area contributed by atoms with Crippen LogP contribution in [-0.4, -0.2) is 43.2 Å². The molecule has 5 rings (SSSR count). The first kappa shape index (κ1) is 26.3. The van der Waals surface area contributed by atoms with Crippen molar-refractivity contribution >= 4 is 37.7 Å². The molecule has 0 unspecified atom stereocenters. The number of aliphatic hydroxyl groups is 1. The van der Waals surface area contributed by atoms with Gasteiger partial charge in [0.15, 0.2) is 13.9 Å². The van der Waals surface area contributed by atoms with Crippen LogP contribution in [0.2, 0.25) is 18.6 Å². The van der Waals surface area contributed by atoms with Crippen molar-refractivity contribution in [2.24, 2.45) is 5.92 Å². The minimum absolute atomic E-state index is 0.0683. The zero-order chi connectivity index (χ0) is 27.1. The zero-order valence-corrected chi connectivity index (χ0v) is 22.9. The fourth-order valence-corrected chi connectivity index (χ4v) is 8.99. The van der Waals surface area contributed by atoms with E-state index in [-0.39, 0.29) is 24.0 Å². The van der Waals surface area contributed by atoms with Crippen LogP contribution in [0.25, 0.3) is 0 Å². The Morgan fingerprint density at radius 3 is 2.26 bits per heavy atom. The number of aliphatic hydroxyl groups excluding tert-OH is 1. The Morgan fingerprint density at radius 2 is 1.63 bits per heavy atom. The molecule has 38 heavy (non-hydrogen) atoms. The molecule has 1 spiro atoms. The summed E-state index contributed by atoms with van der Waals surface area (Å²) in [7, 11) is -2.72. The molecule has 2 aliphatic heterocycles. The fraction of sp³-hybridized carbons (Fsp3) is 0.333. The smallest absolute Gasteiger partial charge is 0.264 e. The molecule has 0 bridgehead atoms. The van der Waals surface area contributed by atoms with Crippen LogP contribution in [0.3, 0.4) is 0 Å². The number of carbonyl (C=O) groups is 2. The summed E-state index contributed by atoms with van der Waals surface area (Å²) in [6, 6.07) is 24.7. The maximum atomic E-state index is 14.2. The lowest BCUT2D eigenvalue weighted by molar-refractivity contribution is -0.146. The molecule has 0 aliphatic carbocycles. The minimum atomic E-state index is -2.72. The lowest BCUT2D eigenvalue weighted by atomic mass is 9.82. The van der Waals surface area contributed by atoms with Crippen molar-refractivity contribution in [3.8, 4) is 0 Å². The number of fused-ring (bicyclic) bond motifs is 2. The maximum absolute atomic E-state index is 14.2. The van der Waals surface area contributed by atoms with Crippen molar-refractivity contribution in [1.82, 2.24) is 0 Å². The highest BCUT2D eigenvalue weighted by molar-refractivity contribution is 6.71. The first-order valence-corrected chi connectivity index (χ1v) is 16.1. The van der Waals surface area contributed by atoms with E-state index < -0.39 is 20.0 Å². The number of para-hydroxylation sites is 2. The van der Waals surface area contributed by atoms with Gasteiger partial charge in [-0.15, -0.1) is 0 Å². The van der Waals surface area contributed by atoms with Crippen LogP contribution in [0.1, 0.15) is 24.5 Å². The van der Waals surface area contributed by atoms with Crippen molar-refractivity contribution in [3.63, 3.8) is 0 Å². The zero-order valence-electron chi connectivity index (χ0n) is 21.9. The molecule has 0 radical (unpaired) electrons. The van der Waals surface area contributed by atoms with Gasteiger partial charge in [-0.3, -0.25) is 14.5 Å². The number of carbonyl (C=O) groups excluding carboxylic acids is 2. The van der Waals surface area contributed by atoms with Crippen molar-refractivity contribution in [3.05, 3.63) is 90.0 Å². The van der Waals surface area contributed by atoms with Gasteiger partial charge in [-0.05, 0) is 55.4 Å². The van der Waals surface area contributed by atoms with E-state index in [2.05, 4.69) is 0 Å². The Balaban J connectivity index is 1.46. The molecule has 8 heteroatoms. The highest BCUT2D eigenvalue weighted by Crippen LogP contribution is 2.59. The van der Waals surface area contributed by atoms with E-state index in [1.165, 1.54) is 0 Å².